The summed E-state index contributed by atoms with van der Waals surface area (Å²) in [5.41, 5.74) is -1.12. The molecule has 2 fully saturated rings. The molecule has 0 aliphatic carbocycles. The number of halogens is 2. The fourth-order valence-electron chi connectivity index (χ4n) is 3.41. The molecule has 2 saturated heterocycles. The second kappa shape index (κ2) is 4.28. The summed E-state index contributed by atoms with van der Waals surface area (Å²) >= 11 is 0. The zero-order valence-corrected chi connectivity index (χ0v) is 10.1. The van der Waals surface area contributed by atoms with E-state index in [1.165, 1.54) is 0 Å². The molecule has 2 unspecified atom stereocenters. The lowest BCUT2D eigenvalue weighted by Gasteiger charge is -2.45. The van der Waals surface area contributed by atoms with Crippen LogP contribution in [-0.2, 0) is 5.60 Å². The van der Waals surface area contributed by atoms with Crippen LogP contribution in [-0.4, -0.2) is 17.2 Å². The van der Waals surface area contributed by atoms with Crippen molar-refractivity contribution in [1.29, 1.82) is 0 Å². The molecule has 0 saturated carbocycles. The number of aliphatic hydroxyl groups is 1. The van der Waals surface area contributed by atoms with Crippen molar-refractivity contribution >= 4 is 0 Å². The van der Waals surface area contributed by atoms with Crippen LogP contribution in [0.3, 0.4) is 0 Å². The maximum absolute atomic E-state index is 13.8. The average Bonchev–Trinajstić information content (AvgIpc) is 2.31. The van der Waals surface area contributed by atoms with Gasteiger partial charge in [-0.25, -0.2) is 8.78 Å². The fourth-order valence-corrected chi connectivity index (χ4v) is 3.41. The Labute approximate surface area is 105 Å². The van der Waals surface area contributed by atoms with Crippen LogP contribution in [0.15, 0.2) is 18.2 Å². The molecule has 1 aromatic carbocycles. The van der Waals surface area contributed by atoms with E-state index in [9.17, 15) is 13.9 Å². The van der Waals surface area contributed by atoms with E-state index in [0.717, 1.165) is 37.5 Å². The molecular weight excluding hydrogens is 236 g/mol. The van der Waals surface area contributed by atoms with E-state index in [4.69, 9.17) is 0 Å². The van der Waals surface area contributed by atoms with Crippen molar-refractivity contribution in [3.05, 3.63) is 35.4 Å². The van der Waals surface area contributed by atoms with Crippen LogP contribution in [0.25, 0.3) is 0 Å². The Bertz CT molecular complexity index is 451. The highest BCUT2D eigenvalue weighted by molar-refractivity contribution is 5.27. The first-order valence-electron chi connectivity index (χ1n) is 6.51. The van der Waals surface area contributed by atoms with E-state index < -0.39 is 17.2 Å². The molecule has 0 aromatic heterocycles. The minimum Gasteiger partial charge on any atom is -0.385 e. The molecule has 4 heteroatoms. The number of piperidine rings is 2. The molecule has 0 amide bonds. The lowest BCUT2D eigenvalue weighted by Crippen LogP contribution is -2.54. The van der Waals surface area contributed by atoms with Gasteiger partial charge in [0.25, 0.3) is 0 Å². The maximum Gasteiger partial charge on any atom is 0.129 e. The monoisotopic (exact) mass is 253 g/mol. The molecule has 2 N–H and O–H groups in total. The highest BCUT2D eigenvalue weighted by Crippen LogP contribution is 2.40. The van der Waals surface area contributed by atoms with Crippen LogP contribution in [0, 0.1) is 11.6 Å². The quantitative estimate of drug-likeness (QED) is 0.805. The van der Waals surface area contributed by atoms with Gasteiger partial charge in [-0.2, -0.15) is 0 Å². The number of hydrogen-bond donors (Lipinski definition) is 2. The van der Waals surface area contributed by atoms with Gasteiger partial charge >= 0.3 is 0 Å². The molecule has 2 aliphatic heterocycles. The molecule has 2 atom stereocenters. The Morgan fingerprint density at radius 1 is 1.17 bits per heavy atom. The Kier molecular flexibility index (Phi) is 2.87. The predicted molar refractivity (Wildman–Crippen MR) is 64.1 cm³/mol. The first-order valence-corrected chi connectivity index (χ1v) is 6.51. The van der Waals surface area contributed by atoms with Gasteiger partial charge in [0.2, 0.25) is 0 Å². The Morgan fingerprint density at radius 2 is 1.83 bits per heavy atom. The number of rotatable bonds is 1. The molecule has 2 nitrogen and oxygen atoms in total. The van der Waals surface area contributed by atoms with Gasteiger partial charge < -0.3 is 10.4 Å². The third-order valence-corrected chi connectivity index (χ3v) is 4.17. The van der Waals surface area contributed by atoms with Gasteiger partial charge in [0.15, 0.2) is 0 Å². The lowest BCUT2D eigenvalue weighted by atomic mass is 9.74. The summed E-state index contributed by atoms with van der Waals surface area (Å²) in [5.74, 6) is -1.01. The third-order valence-electron chi connectivity index (χ3n) is 4.17. The van der Waals surface area contributed by atoms with E-state index in [2.05, 4.69) is 5.32 Å². The summed E-state index contributed by atoms with van der Waals surface area (Å²) in [5, 5.41) is 14.1. The summed E-state index contributed by atoms with van der Waals surface area (Å²) in [4.78, 5) is 0. The Balaban J connectivity index is 1.96. The largest absolute Gasteiger partial charge is 0.385 e. The summed E-state index contributed by atoms with van der Waals surface area (Å²) < 4.78 is 27.1. The second-order valence-electron chi connectivity index (χ2n) is 5.56. The number of fused-ring (bicyclic) bond motifs is 2. The number of nitrogens with one attached hydrogen (secondary N) is 1. The van der Waals surface area contributed by atoms with Gasteiger partial charge in [0, 0.05) is 17.6 Å². The Morgan fingerprint density at radius 3 is 2.50 bits per heavy atom. The summed E-state index contributed by atoms with van der Waals surface area (Å²) in [6.07, 6.45) is 4.06. The van der Waals surface area contributed by atoms with Crippen molar-refractivity contribution in [3.8, 4) is 0 Å². The van der Waals surface area contributed by atoms with Crippen LogP contribution in [0.2, 0.25) is 0 Å². The first-order chi connectivity index (χ1) is 8.57. The minimum atomic E-state index is -1.23. The fraction of sp³-hybridized carbons (Fsp3) is 0.571. The predicted octanol–water partition coefficient (Wildman–Crippen LogP) is 2.46. The van der Waals surface area contributed by atoms with Crippen LogP contribution in [0.5, 0.6) is 0 Å². The zero-order valence-electron chi connectivity index (χ0n) is 10.1. The maximum atomic E-state index is 13.8. The molecular formula is C14H17F2NO. The van der Waals surface area contributed by atoms with E-state index in [1.807, 2.05) is 0 Å². The van der Waals surface area contributed by atoms with Crippen LogP contribution >= 0.6 is 0 Å². The standard InChI is InChI=1S/C14H17F2NO/c15-9-4-5-13(16)12(6-9)14(18)7-10-2-1-3-11(8-14)17-10/h4-6,10-11,17-18H,1-3,7-8H2. The van der Waals surface area contributed by atoms with Crippen molar-refractivity contribution in [2.24, 2.45) is 0 Å². The van der Waals surface area contributed by atoms with Gasteiger partial charge in [-0.3, -0.25) is 0 Å². The topological polar surface area (TPSA) is 32.3 Å². The molecule has 18 heavy (non-hydrogen) atoms. The van der Waals surface area contributed by atoms with Gasteiger partial charge in [-0.1, -0.05) is 6.42 Å². The van der Waals surface area contributed by atoms with Crippen molar-refractivity contribution in [2.45, 2.75) is 49.8 Å². The summed E-state index contributed by atoms with van der Waals surface area (Å²) in [6.45, 7) is 0. The van der Waals surface area contributed by atoms with Crippen molar-refractivity contribution in [1.82, 2.24) is 5.32 Å². The first kappa shape index (κ1) is 12.1. The van der Waals surface area contributed by atoms with Crippen molar-refractivity contribution < 1.29 is 13.9 Å². The SMILES string of the molecule is OC1(c2cc(F)ccc2F)CC2CCCC(C1)N2. The van der Waals surface area contributed by atoms with E-state index >= 15 is 0 Å². The second-order valence-corrected chi connectivity index (χ2v) is 5.56. The van der Waals surface area contributed by atoms with Crippen molar-refractivity contribution in [2.75, 3.05) is 0 Å². The molecule has 2 bridgehead atoms. The normalized spacial score (nSPS) is 35.5. The average molecular weight is 253 g/mol. The number of hydrogen-bond acceptors (Lipinski definition) is 2. The molecule has 2 aliphatic rings. The van der Waals surface area contributed by atoms with E-state index in [-0.39, 0.29) is 17.6 Å². The molecule has 0 spiro atoms. The highest BCUT2D eigenvalue weighted by atomic mass is 19.1. The summed E-state index contributed by atoms with van der Waals surface area (Å²) in [7, 11) is 0. The Hall–Kier alpha value is -1.00. The zero-order chi connectivity index (χ0) is 12.8. The third kappa shape index (κ3) is 2.04. The van der Waals surface area contributed by atoms with Crippen LogP contribution < -0.4 is 5.32 Å². The molecule has 3 rings (SSSR count). The number of benzene rings is 1. The van der Waals surface area contributed by atoms with Gasteiger partial charge in [-0.05, 0) is 43.9 Å². The smallest absolute Gasteiger partial charge is 0.129 e. The van der Waals surface area contributed by atoms with Crippen LogP contribution in [0.4, 0.5) is 8.78 Å². The molecule has 98 valence electrons. The van der Waals surface area contributed by atoms with E-state index in [1.54, 1.807) is 0 Å². The lowest BCUT2D eigenvalue weighted by molar-refractivity contribution is -0.0385. The van der Waals surface area contributed by atoms with Crippen LogP contribution in [0.1, 0.15) is 37.7 Å². The molecule has 0 radical (unpaired) electrons. The van der Waals surface area contributed by atoms with Gasteiger partial charge in [0.05, 0.1) is 5.60 Å². The highest BCUT2D eigenvalue weighted by Gasteiger charge is 2.43. The molecule has 1 aromatic rings. The van der Waals surface area contributed by atoms with Gasteiger partial charge in [-0.15, -0.1) is 0 Å². The molecule has 2 heterocycles. The van der Waals surface area contributed by atoms with E-state index in [0.29, 0.717) is 12.8 Å². The van der Waals surface area contributed by atoms with Gasteiger partial charge in [0.1, 0.15) is 11.6 Å². The van der Waals surface area contributed by atoms with Crippen molar-refractivity contribution in [3.63, 3.8) is 0 Å². The summed E-state index contributed by atoms with van der Waals surface area (Å²) in [6, 6.07) is 3.75. The minimum absolute atomic E-state index is 0.112.